The van der Waals surface area contributed by atoms with Gasteiger partial charge in [0.25, 0.3) is 5.91 Å². The molecule has 0 heterocycles. The maximum absolute atomic E-state index is 13.2. The Morgan fingerprint density at radius 2 is 2.20 bits per heavy atom. The fourth-order valence-corrected chi connectivity index (χ4v) is 1.75. The molecule has 0 bridgehead atoms. The van der Waals surface area contributed by atoms with Crippen molar-refractivity contribution < 1.29 is 9.18 Å². The van der Waals surface area contributed by atoms with E-state index in [2.05, 4.69) is 15.9 Å². The van der Waals surface area contributed by atoms with Crippen molar-refractivity contribution in [1.29, 1.82) is 0 Å². The third-order valence-corrected chi connectivity index (χ3v) is 2.89. The third kappa shape index (κ3) is 2.78. The SMILES string of the molecule is CCCN(C)C(=O)c1cccc(F)c1Br. The molecule has 0 fully saturated rings. The van der Waals surface area contributed by atoms with E-state index in [1.165, 1.54) is 12.1 Å². The average molecular weight is 274 g/mol. The number of hydrogen-bond acceptors (Lipinski definition) is 1. The van der Waals surface area contributed by atoms with Gasteiger partial charge in [0.05, 0.1) is 10.0 Å². The van der Waals surface area contributed by atoms with E-state index in [-0.39, 0.29) is 10.4 Å². The lowest BCUT2D eigenvalue weighted by molar-refractivity contribution is 0.0793. The largest absolute Gasteiger partial charge is 0.342 e. The number of carbonyl (C=O) groups excluding carboxylic acids is 1. The molecule has 2 nitrogen and oxygen atoms in total. The Hall–Kier alpha value is -0.900. The minimum Gasteiger partial charge on any atom is -0.342 e. The highest BCUT2D eigenvalue weighted by Gasteiger charge is 2.15. The Morgan fingerprint density at radius 3 is 2.80 bits per heavy atom. The lowest BCUT2D eigenvalue weighted by Gasteiger charge is -2.16. The van der Waals surface area contributed by atoms with Gasteiger partial charge in [-0.1, -0.05) is 13.0 Å². The molecule has 15 heavy (non-hydrogen) atoms. The van der Waals surface area contributed by atoms with Crippen molar-refractivity contribution in [2.45, 2.75) is 13.3 Å². The van der Waals surface area contributed by atoms with E-state index in [9.17, 15) is 9.18 Å². The van der Waals surface area contributed by atoms with Crippen LogP contribution >= 0.6 is 15.9 Å². The van der Waals surface area contributed by atoms with E-state index in [1.54, 1.807) is 18.0 Å². The summed E-state index contributed by atoms with van der Waals surface area (Å²) in [6, 6.07) is 4.47. The second kappa shape index (κ2) is 5.26. The van der Waals surface area contributed by atoms with E-state index < -0.39 is 5.82 Å². The smallest absolute Gasteiger partial charge is 0.254 e. The number of hydrogen-bond donors (Lipinski definition) is 0. The molecule has 1 amide bonds. The summed E-state index contributed by atoms with van der Waals surface area (Å²) in [5, 5.41) is 0. The van der Waals surface area contributed by atoms with Crippen LogP contribution in [0.2, 0.25) is 0 Å². The first-order valence-electron chi connectivity index (χ1n) is 4.77. The van der Waals surface area contributed by atoms with Crippen LogP contribution in [0.4, 0.5) is 4.39 Å². The Morgan fingerprint density at radius 1 is 1.53 bits per heavy atom. The number of benzene rings is 1. The van der Waals surface area contributed by atoms with Gasteiger partial charge in [-0.05, 0) is 34.5 Å². The maximum Gasteiger partial charge on any atom is 0.254 e. The van der Waals surface area contributed by atoms with Gasteiger partial charge in [0.2, 0.25) is 0 Å². The normalized spacial score (nSPS) is 10.1. The molecule has 0 aliphatic rings. The zero-order valence-corrected chi connectivity index (χ0v) is 10.3. The second-order valence-corrected chi connectivity index (χ2v) is 4.12. The average Bonchev–Trinajstić information content (AvgIpc) is 2.21. The van der Waals surface area contributed by atoms with E-state index in [1.807, 2.05) is 6.92 Å². The molecular formula is C11H13BrFNO. The van der Waals surface area contributed by atoms with E-state index in [4.69, 9.17) is 0 Å². The molecule has 1 aromatic carbocycles. The molecule has 0 spiro atoms. The molecule has 1 rings (SSSR count). The Kier molecular flexibility index (Phi) is 4.27. The molecule has 0 unspecified atom stereocenters. The van der Waals surface area contributed by atoms with Crippen LogP contribution in [0.25, 0.3) is 0 Å². The van der Waals surface area contributed by atoms with Crippen molar-refractivity contribution in [2.24, 2.45) is 0 Å². The highest BCUT2D eigenvalue weighted by Crippen LogP contribution is 2.21. The molecule has 0 aliphatic carbocycles. The number of rotatable bonds is 3. The lowest BCUT2D eigenvalue weighted by Crippen LogP contribution is -2.27. The van der Waals surface area contributed by atoms with Crippen molar-refractivity contribution in [3.8, 4) is 0 Å². The predicted octanol–water partition coefficient (Wildman–Crippen LogP) is 3.07. The molecular weight excluding hydrogens is 261 g/mol. The van der Waals surface area contributed by atoms with Crippen LogP contribution in [0.3, 0.4) is 0 Å². The van der Waals surface area contributed by atoms with Crippen molar-refractivity contribution in [1.82, 2.24) is 4.90 Å². The van der Waals surface area contributed by atoms with E-state index in [0.29, 0.717) is 12.1 Å². The van der Waals surface area contributed by atoms with Crippen molar-refractivity contribution in [2.75, 3.05) is 13.6 Å². The zero-order chi connectivity index (χ0) is 11.4. The van der Waals surface area contributed by atoms with Crippen LogP contribution in [-0.2, 0) is 0 Å². The second-order valence-electron chi connectivity index (χ2n) is 3.33. The van der Waals surface area contributed by atoms with Gasteiger partial charge in [-0.25, -0.2) is 4.39 Å². The molecule has 0 aromatic heterocycles. The molecule has 0 N–H and O–H groups in total. The summed E-state index contributed by atoms with van der Waals surface area (Å²) in [6.07, 6.45) is 0.884. The van der Waals surface area contributed by atoms with Crippen molar-refractivity contribution >= 4 is 21.8 Å². The number of amides is 1. The number of carbonyl (C=O) groups is 1. The quantitative estimate of drug-likeness (QED) is 0.829. The zero-order valence-electron chi connectivity index (χ0n) is 8.76. The van der Waals surface area contributed by atoms with Crippen LogP contribution in [0.1, 0.15) is 23.7 Å². The molecule has 0 radical (unpaired) electrons. The van der Waals surface area contributed by atoms with Crippen molar-refractivity contribution in [3.05, 3.63) is 34.1 Å². The van der Waals surface area contributed by atoms with Gasteiger partial charge < -0.3 is 4.90 Å². The number of nitrogens with zero attached hydrogens (tertiary/aromatic N) is 1. The first-order valence-corrected chi connectivity index (χ1v) is 5.56. The van der Waals surface area contributed by atoms with Crippen LogP contribution < -0.4 is 0 Å². The molecule has 82 valence electrons. The van der Waals surface area contributed by atoms with Crippen LogP contribution in [-0.4, -0.2) is 24.4 Å². The molecule has 0 atom stereocenters. The van der Waals surface area contributed by atoms with Gasteiger partial charge in [-0.2, -0.15) is 0 Å². The highest BCUT2D eigenvalue weighted by atomic mass is 79.9. The summed E-state index contributed by atoms with van der Waals surface area (Å²) in [5.41, 5.74) is 0.367. The van der Waals surface area contributed by atoms with Crippen LogP contribution in [0.15, 0.2) is 22.7 Å². The molecule has 4 heteroatoms. The summed E-state index contributed by atoms with van der Waals surface area (Å²) in [4.78, 5) is 13.4. The lowest BCUT2D eigenvalue weighted by atomic mass is 10.2. The first-order chi connectivity index (χ1) is 7.07. The van der Waals surface area contributed by atoms with Crippen molar-refractivity contribution in [3.63, 3.8) is 0 Å². The summed E-state index contributed by atoms with van der Waals surface area (Å²) >= 11 is 3.08. The van der Waals surface area contributed by atoms with Crippen LogP contribution in [0.5, 0.6) is 0 Å². The number of halogens is 2. The van der Waals surface area contributed by atoms with Gasteiger partial charge in [0.1, 0.15) is 5.82 Å². The first kappa shape index (κ1) is 12.2. The fourth-order valence-electron chi connectivity index (χ4n) is 1.31. The Balaban J connectivity index is 2.96. The van der Waals surface area contributed by atoms with Gasteiger partial charge in [0, 0.05) is 13.6 Å². The van der Waals surface area contributed by atoms with E-state index >= 15 is 0 Å². The minimum absolute atomic E-state index is 0.164. The van der Waals surface area contributed by atoms with Crippen LogP contribution in [0, 0.1) is 5.82 Å². The minimum atomic E-state index is -0.411. The summed E-state index contributed by atoms with van der Waals surface area (Å²) in [5.74, 6) is -0.575. The monoisotopic (exact) mass is 273 g/mol. The summed E-state index contributed by atoms with van der Waals surface area (Å²) in [6.45, 7) is 2.66. The van der Waals surface area contributed by atoms with Gasteiger partial charge >= 0.3 is 0 Å². The Labute approximate surface area is 97.2 Å². The van der Waals surface area contributed by atoms with Gasteiger partial charge in [-0.3, -0.25) is 4.79 Å². The standard InChI is InChI=1S/C11H13BrFNO/c1-3-7-14(2)11(15)8-5-4-6-9(13)10(8)12/h4-6H,3,7H2,1-2H3. The van der Waals surface area contributed by atoms with Gasteiger partial charge in [0.15, 0.2) is 0 Å². The molecule has 0 saturated heterocycles. The fraction of sp³-hybridized carbons (Fsp3) is 0.364. The summed E-state index contributed by atoms with van der Waals surface area (Å²) in [7, 11) is 1.71. The maximum atomic E-state index is 13.2. The topological polar surface area (TPSA) is 20.3 Å². The molecule has 1 aromatic rings. The highest BCUT2D eigenvalue weighted by molar-refractivity contribution is 9.10. The predicted molar refractivity (Wildman–Crippen MR) is 61.4 cm³/mol. The third-order valence-electron chi connectivity index (χ3n) is 2.09. The molecule has 0 saturated carbocycles. The van der Waals surface area contributed by atoms with E-state index in [0.717, 1.165) is 6.42 Å². The molecule has 0 aliphatic heterocycles. The Bertz CT molecular complexity index is 368. The van der Waals surface area contributed by atoms with Gasteiger partial charge in [-0.15, -0.1) is 0 Å². The summed E-state index contributed by atoms with van der Waals surface area (Å²) < 4.78 is 13.4.